The van der Waals surface area contributed by atoms with Crippen LogP contribution in [-0.4, -0.2) is 27.8 Å². The summed E-state index contributed by atoms with van der Waals surface area (Å²) < 4.78 is 11.8. The van der Waals surface area contributed by atoms with Crippen molar-refractivity contribution in [3.8, 4) is 11.5 Å². The molecule has 94 valence electrons. The van der Waals surface area contributed by atoms with E-state index in [1.807, 2.05) is 13.1 Å². The van der Waals surface area contributed by atoms with E-state index >= 15 is 0 Å². The van der Waals surface area contributed by atoms with E-state index in [0.29, 0.717) is 0 Å². The van der Waals surface area contributed by atoms with Crippen molar-refractivity contribution in [1.29, 1.82) is 0 Å². The summed E-state index contributed by atoms with van der Waals surface area (Å²) in [6, 6.07) is 4.08. The number of nitrogens with one attached hydrogen (secondary N) is 1. The minimum atomic E-state index is 0.271. The molecule has 0 amide bonds. The Morgan fingerprint density at radius 1 is 1.24 bits per heavy atom. The first-order valence-corrected chi connectivity index (χ1v) is 6.53. The molecule has 1 fully saturated rings. The highest BCUT2D eigenvalue weighted by molar-refractivity contribution is 9.10. The van der Waals surface area contributed by atoms with Crippen LogP contribution in [0.2, 0.25) is 0 Å². The lowest BCUT2D eigenvalue weighted by Crippen LogP contribution is -2.24. The summed E-state index contributed by atoms with van der Waals surface area (Å²) in [4.78, 5) is 0. The Kier molecular flexibility index (Phi) is 3.64. The number of benzene rings is 1. The molecule has 0 spiro atoms. The predicted molar refractivity (Wildman–Crippen MR) is 72.1 cm³/mol. The molecule has 1 aromatic carbocycles. The van der Waals surface area contributed by atoms with E-state index in [0.717, 1.165) is 22.5 Å². The Morgan fingerprint density at radius 3 is 2.29 bits per heavy atom. The van der Waals surface area contributed by atoms with Gasteiger partial charge in [-0.2, -0.15) is 0 Å². The number of likely N-dealkylation sites (N-methyl/N-ethyl adjacent to an activating group) is 1. The second-order valence-corrected chi connectivity index (χ2v) is 5.35. The third kappa shape index (κ3) is 2.29. The molecule has 0 saturated heterocycles. The van der Waals surface area contributed by atoms with Crippen molar-refractivity contribution in [1.82, 2.24) is 5.32 Å². The zero-order valence-corrected chi connectivity index (χ0v) is 12.1. The zero-order valence-electron chi connectivity index (χ0n) is 10.5. The van der Waals surface area contributed by atoms with Crippen LogP contribution in [0.25, 0.3) is 0 Å². The Morgan fingerprint density at radius 2 is 1.82 bits per heavy atom. The van der Waals surface area contributed by atoms with Crippen LogP contribution in [0.1, 0.15) is 18.4 Å². The summed E-state index contributed by atoms with van der Waals surface area (Å²) in [5.74, 6) is 1.57. The fourth-order valence-corrected chi connectivity index (χ4v) is 3.03. The molecule has 0 aliphatic heterocycles. The van der Waals surface area contributed by atoms with Crippen LogP contribution >= 0.6 is 15.9 Å². The molecule has 0 heterocycles. The van der Waals surface area contributed by atoms with Gasteiger partial charge in [0.15, 0.2) is 11.5 Å². The van der Waals surface area contributed by atoms with Crippen molar-refractivity contribution in [2.45, 2.75) is 18.3 Å². The Hall–Kier alpha value is -0.740. The van der Waals surface area contributed by atoms with Crippen molar-refractivity contribution in [2.24, 2.45) is 0 Å². The van der Waals surface area contributed by atoms with Gasteiger partial charge in [0.2, 0.25) is 0 Å². The highest BCUT2D eigenvalue weighted by atomic mass is 79.9. The van der Waals surface area contributed by atoms with Crippen LogP contribution in [-0.2, 0) is 5.41 Å². The van der Waals surface area contributed by atoms with Crippen molar-refractivity contribution >= 4 is 15.9 Å². The number of hydrogen-bond acceptors (Lipinski definition) is 3. The van der Waals surface area contributed by atoms with Gasteiger partial charge in [-0.1, -0.05) is 15.9 Å². The molecule has 0 unspecified atom stereocenters. The summed E-state index contributed by atoms with van der Waals surface area (Å²) in [7, 11) is 5.33. The van der Waals surface area contributed by atoms with Crippen LogP contribution < -0.4 is 14.8 Å². The zero-order chi connectivity index (χ0) is 12.5. The van der Waals surface area contributed by atoms with Crippen LogP contribution in [0, 0.1) is 0 Å². The fraction of sp³-hybridized carbons (Fsp3) is 0.538. The largest absolute Gasteiger partial charge is 0.493 e. The number of ether oxygens (including phenoxy) is 2. The lowest BCUT2D eigenvalue weighted by atomic mass is 9.95. The standard InChI is InChI=1S/C13H18BrNO2/c1-15-8-13(4-5-13)9-6-11(16-2)12(17-3)7-10(9)14/h6-7,15H,4-5,8H2,1-3H3. The lowest BCUT2D eigenvalue weighted by molar-refractivity contribution is 0.353. The van der Waals surface area contributed by atoms with Crippen LogP contribution in [0.3, 0.4) is 0 Å². The second-order valence-electron chi connectivity index (χ2n) is 4.50. The molecular weight excluding hydrogens is 282 g/mol. The third-order valence-electron chi connectivity index (χ3n) is 3.41. The summed E-state index contributed by atoms with van der Waals surface area (Å²) in [6.45, 7) is 1.00. The Bertz CT molecular complexity index is 416. The highest BCUT2D eigenvalue weighted by Gasteiger charge is 2.45. The van der Waals surface area contributed by atoms with Crippen LogP contribution in [0.4, 0.5) is 0 Å². The Labute approximate surface area is 111 Å². The number of rotatable bonds is 5. The van der Waals surface area contributed by atoms with Gasteiger partial charge in [0.1, 0.15) is 0 Å². The topological polar surface area (TPSA) is 30.5 Å². The van der Waals surface area contributed by atoms with Gasteiger partial charge in [0.05, 0.1) is 14.2 Å². The average molecular weight is 300 g/mol. The Balaban J connectivity index is 2.41. The van der Waals surface area contributed by atoms with Crippen LogP contribution in [0.5, 0.6) is 11.5 Å². The van der Waals surface area contributed by atoms with Crippen molar-refractivity contribution < 1.29 is 9.47 Å². The van der Waals surface area contributed by atoms with E-state index in [2.05, 4.69) is 27.3 Å². The first-order valence-electron chi connectivity index (χ1n) is 5.73. The second kappa shape index (κ2) is 4.86. The highest BCUT2D eigenvalue weighted by Crippen LogP contribution is 2.52. The van der Waals surface area contributed by atoms with Gasteiger partial charge >= 0.3 is 0 Å². The van der Waals surface area contributed by atoms with E-state index in [4.69, 9.17) is 9.47 Å². The minimum Gasteiger partial charge on any atom is -0.493 e. The third-order valence-corrected chi connectivity index (χ3v) is 4.07. The number of methoxy groups -OCH3 is 2. The fourth-order valence-electron chi connectivity index (χ4n) is 2.29. The van der Waals surface area contributed by atoms with Gasteiger partial charge in [-0.3, -0.25) is 0 Å². The first kappa shape index (κ1) is 12.7. The van der Waals surface area contributed by atoms with Crippen LogP contribution in [0.15, 0.2) is 16.6 Å². The molecule has 1 aliphatic rings. The monoisotopic (exact) mass is 299 g/mol. The molecule has 0 aromatic heterocycles. The molecule has 1 saturated carbocycles. The molecule has 17 heavy (non-hydrogen) atoms. The quantitative estimate of drug-likeness (QED) is 0.907. The van der Waals surface area contributed by atoms with Crippen molar-refractivity contribution in [3.05, 3.63) is 22.2 Å². The molecule has 4 heteroatoms. The van der Waals surface area contributed by atoms with Crippen molar-refractivity contribution in [3.63, 3.8) is 0 Å². The maximum atomic E-state index is 5.37. The van der Waals surface area contributed by atoms with E-state index in [-0.39, 0.29) is 5.41 Å². The molecule has 2 rings (SSSR count). The molecule has 3 nitrogen and oxygen atoms in total. The van der Waals surface area contributed by atoms with E-state index in [9.17, 15) is 0 Å². The summed E-state index contributed by atoms with van der Waals surface area (Å²) in [5.41, 5.74) is 1.58. The predicted octanol–water partition coefficient (Wildman–Crippen LogP) is 2.72. The summed E-state index contributed by atoms with van der Waals surface area (Å²) >= 11 is 3.63. The van der Waals surface area contributed by atoms with E-state index in [1.54, 1.807) is 14.2 Å². The molecule has 1 aliphatic carbocycles. The van der Waals surface area contributed by atoms with E-state index < -0.39 is 0 Å². The normalized spacial score (nSPS) is 16.7. The van der Waals surface area contributed by atoms with Gasteiger partial charge in [-0.15, -0.1) is 0 Å². The lowest BCUT2D eigenvalue weighted by Gasteiger charge is -2.19. The van der Waals surface area contributed by atoms with Gasteiger partial charge < -0.3 is 14.8 Å². The molecule has 0 atom stereocenters. The minimum absolute atomic E-state index is 0.271. The number of hydrogen-bond donors (Lipinski definition) is 1. The number of halogens is 1. The molecule has 1 N–H and O–H groups in total. The maximum Gasteiger partial charge on any atom is 0.161 e. The van der Waals surface area contributed by atoms with E-state index in [1.165, 1.54) is 18.4 Å². The molecule has 1 aromatic rings. The summed E-state index contributed by atoms with van der Waals surface area (Å²) in [5, 5.41) is 3.27. The van der Waals surface area contributed by atoms with Gasteiger partial charge in [-0.25, -0.2) is 0 Å². The van der Waals surface area contributed by atoms with Gasteiger partial charge in [0.25, 0.3) is 0 Å². The SMILES string of the molecule is CNCC1(c2cc(OC)c(OC)cc2Br)CC1. The van der Waals surface area contributed by atoms with Gasteiger partial charge in [0, 0.05) is 16.4 Å². The smallest absolute Gasteiger partial charge is 0.161 e. The molecule has 0 radical (unpaired) electrons. The average Bonchev–Trinajstić information content (AvgIpc) is 3.09. The van der Waals surface area contributed by atoms with Crippen molar-refractivity contribution in [2.75, 3.05) is 27.8 Å². The first-order chi connectivity index (χ1) is 8.16. The maximum absolute atomic E-state index is 5.37. The summed E-state index contributed by atoms with van der Waals surface area (Å²) in [6.07, 6.45) is 2.45. The molecule has 0 bridgehead atoms. The molecular formula is C13H18BrNO2. The van der Waals surface area contributed by atoms with Gasteiger partial charge in [-0.05, 0) is 37.6 Å².